The second-order valence-corrected chi connectivity index (χ2v) is 6.84. The standard InChI is InChI=1S/C18H11Cl3N4O2/c1-9-15(20)12(6-7-22)16(21)14(10-2-4-11(19)5-3-10)17(9)25-18(27)24-13(26)8-23-25/h2-5,8H,6H2,1H3,(H,24,26,27). The number of aromatic nitrogens is 3. The SMILES string of the molecule is Cc1c(Cl)c(CC#N)c(Cl)c(-c2ccc(Cl)cc2)c1-n1ncc(=O)[nH]c1=O. The van der Waals surface area contributed by atoms with Gasteiger partial charge in [-0.1, -0.05) is 46.9 Å². The first-order valence-corrected chi connectivity index (χ1v) is 8.81. The molecule has 0 atom stereocenters. The van der Waals surface area contributed by atoms with Gasteiger partial charge in [0.25, 0.3) is 5.56 Å². The molecule has 0 saturated heterocycles. The van der Waals surface area contributed by atoms with Crippen molar-refractivity contribution in [2.75, 3.05) is 0 Å². The Morgan fingerprint density at radius 2 is 1.81 bits per heavy atom. The lowest BCUT2D eigenvalue weighted by Crippen LogP contribution is -2.31. The normalized spacial score (nSPS) is 10.6. The maximum atomic E-state index is 12.3. The van der Waals surface area contributed by atoms with Gasteiger partial charge in [0.15, 0.2) is 0 Å². The first-order chi connectivity index (χ1) is 12.8. The van der Waals surface area contributed by atoms with E-state index in [4.69, 9.17) is 40.1 Å². The summed E-state index contributed by atoms with van der Waals surface area (Å²) in [5.74, 6) is 0. The van der Waals surface area contributed by atoms with Gasteiger partial charge in [-0.3, -0.25) is 9.78 Å². The van der Waals surface area contributed by atoms with Crippen molar-refractivity contribution in [3.8, 4) is 22.9 Å². The summed E-state index contributed by atoms with van der Waals surface area (Å²) < 4.78 is 1.02. The van der Waals surface area contributed by atoms with Gasteiger partial charge in [0.05, 0.1) is 28.2 Å². The zero-order valence-corrected chi connectivity index (χ0v) is 16.2. The Kier molecular flexibility index (Phi) is 5.38. The fourth-order valence-corrected chi connectivity index (χ4v) is 3.55. The summed E-state index contributed by atoms with van der Waals surface area (Å²) in [5.41, 5.74) is 1.01. The van der Waals surface area contributed by atoms with Crippen LogP contribution in [0.25, 0.3) is 16.8 Å². The summed E-state index contributed by atoms with van der Waals surface area (Å²) in [6.45, 7) is 1.69. The second kappa shape index (κ2) is 7.57. The minimum absolute atomic E-state index is 0.00662. The Bertz CT molecular complexity index is 1190. The molecule has 1 N–H and O–H groups in total. The zero-order chi connectivity index (χ0) is 19.7. The van der Waals surface area contributed by atoms with Gasteiger partial charge in [0.2, 0.25) is 0 Å². The number of halogens is 3. The molecule has 0 fully saturated rings. The van der Waals surface area contributed by atoms with Crippen LogP contribution in [0.4, 0.5) is 0 Å². The van der Waals surface area contributed by atoms with E-state index in [0.29, 0.717) is 33.0 Å². The quantitative estimate of drug-likeness (QED) is 0.694. The van der Waals surface area contributed by atoms with Gasteiger partial charge >= 0.3 is 5.69 Å². The highest BCUT2D eigenvalue weighted by Crippen LogP contribution is 2.42. The molecule has 0 aliphatic rings. The number of H-pyrrole nitrogens is 1. The first-order valence-electron chi connectivity index (χ1n) is 7.67. The summed E-state index contributed by atoms with van der Waals surface area (Å²) in [6.07, 6.45) is 0.977. The number of hydrogen-bond donors (Lipinski definition) is 1. The molecule has 0 amide bonds. The van der Waals surface area contributed by atoms with E-state index < -0.39 is 11.2 Å². The fourth-order valence-electron chi connectivity index (χ4n) is 2.76. The molecule has 0 aliphatic heterocycles. The predicted octanol–water partition coefficient (Wildman–Crippen LogP) is 3.92. The topological polar surface area (TPSA) is 91.5 Å². The van der Waals surface area contributed by atoms with E-state index in [9.17, 15) is 9.59 Å². The van der Waals surface area contributed by atoms with Crippen molar-refractivity contribution in [2.45, 2.75) is 13.3 Å². The average Bonchev–Trinajstić information content (AvgIpc) is 2.63. The number of nitrogens with one attached hydrogen (secondary N) is 1. The molecule has 1 aromatic heterocycles. The van der Waals surface area contributed by atoms with Gasteiger partial charge in [0, 0.05) is 16.1 Å². The highest BCUT2D eigenvalue weighted by Gasteiger charge is 2.23. The number of nitriles is 1. The van der Waals surface area contributed by atoms with Crippen LogP contribution in [0, 0.1) is 18.3 Å². The largest absolute Gasteiger partial charge is 0.349 e. The number of rotatable bonds is 3. The lowest BCUT2D eigenvalue weighted by atomic mass is 9.96. The van der Waals surface area contributed by atoms with Crippen molar-refractivity contribution in [1.29, 1.82) is 5.26 Å². The summed E-state index contributed by atoms with van der Waals surface area (Å²) in [6, 6.07) is 8.85. The van der Waals surface area contributed by atoms with Crippen LogP contribution < -0.4 is 11.2 Å². The van der Waals surface area contributed by atoms with E-state index in [1.807, 2.05) is 6.07 Å². The van der Waals surface area contributed by atoms with Crippen molar-refractivity contribution in [3.63, 3.8) is 0 Å². The van der Waals surface area contributed by atoms with Crippen molar-refractivity contribution < 1.29 is 0 Å². The van der Waals surface area contributed by atoms with Crippen molar-refractivity contribution in [3.05, 3.63) is 77.5 Å². The molecule has 0 aliphatic carbocycles. The van der Waals surface area contributed by atoms with Crippen LogP contribution in [0.3, 0.4) is 0 Å². The maximum absolute atomic E-state index is 12.3. The third-order valence-corrected chi connectivity index (χ3v) is 5.16. The maximum Gasteiger partial charge on any atom is 0.349 e. The van der Waals surface area contributed by atoms with Crippen LogP contribution >= 0.6 is 34.8 Å². The lowest BCUT2D eigenvalue weighted by Gasteiger charge is -2.19. The summed E-state index contributed by atoms with van der Waals surface area (Å²) in [7, 11) is 0. The molecule has 3 aromatic rings. The van der Waals surface area contributed by atoms with Gasteiger partial charge in [-0.05, 0) is 30.2 Å². The van der Waals surface area contributed by atoms with Crippen LogP contribution in [0.15, 0.2) is 40.1 Å². The summed E-state index contributed by atoms with van der Waals surface area (Å²) in [4.78, 5) is 25.9. The number of hydrogen-bond acceptors (Lipinski definition) is 4. The predicted molar refractivity (Wildman–Crippen MR) is 105 cm³/mol. The van der Waals surface area contributed by atoms with Crippen molar-refractivity contribution in [1.82, 2.24) is 14.8 Å². The lowest BCUT2D eigenvalue weighted by molar-refractivity contribution is 0.746. The van der Waals surface area contributed by atoms with Crippen LogP contribution in [0.5, 0.6) is 0 Å². The van der Waals surface area contributed by atoms with Gasteiger partial charge in [-0.2, -0.15) is 15.0 Å². The number of benzene rings is 2. The Morgan fingerprint density at radius 3 is 2.41 bits per heavy atom. The molecule has 0 radical (unpaired) electrons. The van der Waals surface area contributed by atoms with Gasteiger partial charge in [0.1, 0.15) is 6.20 Å². The van der Waals surface area contributed by atoms with E-state index in [0.717, 1.165) is 10.9 Å². The van der Waals surface area contributed by atoms with Crippen LogP contribution in [-0.2, 0) is 6.42 Å². The molecule has 136 valence electrons. The van der Waals surface area contributed by atoms with Crippen LogP contribution in [-0.4, -0.2) is 14.8 Å². The molecule has 0 spiro atoms. The van der Waals surface area contributed by atoms with Crippen LogP contribution in [0.2, 0.25) is 15.1 Å². The summed E-state index contributed by atoms with van der Waals surface area (Å²) >= 11 is 19.0. The highest BCUT2D eigenvalue weighted by molar-refractivity contribution is 6.39. The first kappa shape index (κ1) is 19.2. The third-order valence-electron chi connectivity index (χ3n) is 3.98. The number of aromatic amines is 1. The van der Waals surface area contributed by atoms with Crippen molar-refractivity contribution in [2.24, 2.45) is 0 Å². The minimum atomic E-state index is -0.735. The molecular formula is C18H11Cl3N4O2. The number of nitrogens with zero attached hydrogens (tertiary/aromatic N) is 3. The molecule has 0 saturated carbocycles. The van der Waals surface area contributed by atoms with Gasteiger partial charge in [-0.25, -0.2) is 4.79 Å². The van der Waals surface area contributed by atoms with E-state index in [1.165, 1.54) is 0 Å². The molecule has 6 nitrogen and oxygen atoms in total. The van der Waals surface area contributed by atoms with Crippen molar-refractivity contribution >= 4 is 34.8 Å². The molecular weight excluding hydrogens is 411 g/mol. The molecule has 0 bridgehead atoms. The Morgan fingerprint density at radius 1 is 1.15 bits per heavy atom. The zero-order valence-electron chi connectivity index (χ0n) is 13.9. The minimum Gasteiger partial charge on any atom is -0.271 e. The second-order valence-electron chi connectivity index (χ2n) is 5.65. The van der Waals surface area contributed by atoms with Crippen LogP contribution in [0.1, 0.15) is 11.1 Å². The molecule has 27 heavy (non-hydrogen) atoms. The molecule has 1 heterocycles. The summed E-state index contributed by atoms with van der Waals surface area (Å²) in [5, 5.41) is 14.1. The molecule has 9 heteroatoms. The molecule has 2 aromatic carbocycles. The smallest absolute Gasteiger partial charge is 0.271 e. The fraction of sp³-hybridized carbons (Fsp3) is 0.111. The van der Waals surface area contributed by atoms with Gasteiger partial charge < -0.3 is 0 Å². The van der Waals surface area contributed by atoms with E-state index in [2.05, 4.69) is 10.1 Å². The average molecular weight is 422 g/mol. The highest BCUT2D eigenvalue weighted by atomic mass is 35.5. The monoisotopic (exact) mass is 420 g/mol. The van der Waals surface area contributed by atoms with E-state index in [1.54, 1.807) is 31.2 Å². The molecule has 3 rings (SSSR count). The Balaban J connectivity index is 2.48. The van der Waals surface area contributed by atoms with Gasteiger partial charge in [-0.15, -0.1) is 0 Å². The molecule has 0 unspecified atom stereocenters. The Hall–Kier alpha value is -2.59. The van der Waals surface area contributed by atoms with E-state index in [-0.39, 0.29) is 16.5 Å². The Labute approximate surface area is 168 Å². The van der Waals surface area contributed by atoms with E-state index >= 15 is 0 Å². The third kappa shape index (κ3) is 3.50.